The second-order valence-corrected chi connectivity index (χ2v) is 4.68. The first-order valence-corrected chi connectivity index (χ1v) is 5.01. The van der Waals surface area contributed by atoms with Gasteiger partial charge >= 0.3 is 7.60 Å². The van der Waals surface area contributed by atoms with Crippen molar-refractivity contribution >= 4 is 13.9 Å². The van der Waals surface area contributed by atoms with E-state index in [-0.39, 0.29) is 6.42 Å². The molecule has 1 N–H and O–H groups in total. The van der Waals surface area contributed by atoms with E-state index in [0.717, 1.165) is 0 Å². The van der Waals surface area contributed by atoms with Crippen LogP contribution >= 0.6 is 7.60 Å². The highest BCUT2D eigenvalue weighted by Gasteiger charge is 2.32. The van der Waals surface area contributed by atoms with Gasteiger partial charge < -0.3 is 18.9 Å². The van der Waals surface area contributed by atoms with Gasteiger partial charge in [-0.05, 0) is 0 Å². The Balaban J connectivity index is 4.43. The summed E-state index contributed by atoms with van der Waals surface area (Å²) in [5, 5.41) is 8.76. The summed E-state index contributed by atoms with van der Waals surface area (Å²) in [7, 11) is -0.849. The Hall–Kier alpha value is -0.220. The number of hydrogen-bond donors (Lipinski definition) is 1. The van der Waals surface area contributed by atoms with Crippen molar-refractivity contribution in [2.75, 3.05) is 20.8 Å². The van der Waals surface area contributed by atoms with Gasteiger partial charge in [0.2, 0.25) is 0 Å². The molecule has 0 aromatic carbocycles. The predicted molar refractivity (Wildman–Crippen MR) is 43.2 cm³/mol. The molecule has 1 unspecified atom stereocenters. The van der Waals surface area contributed by atoms with Crippen LogP contribution < -0.4 is 0 Å². The third-order valence-electron chi connectivity index (χ3n) is 1.54. The summed E-state index contributed by atoms with van der Waals surface area (Å²) in [5.41, 5.74) is -0.759. The molecule has 0 rings (SSSR count). The van der Waals surface area contributed by atoms with Crippen LogP contribution in [0.4, 0.5) is 0 Å². The smallest absolute Gasteiger partial charge is 0.335 e. The van der Waals surface area contributed by atoms with Crippen LogP contribution in [0, 0.1) is 0 Å². The number of hydrogen-bond acceptors (Lipinski definition) is 5. The summed E-state index contributed by atoms with van der Waals surface area (Å²) in [6, 6.07) is 0. The van der Waals surface area contributed by atoms with Gasteiger partial charge in [-0.1, -0.05) is 0 Å². The Kier molecular flexibility index (Phi) is 5.33. The monoisotopic (exact) mass is 196 g/mol. The minimum Gasteiger partial charge on any atom is -0.395 e. The van der Waals surface area contributed by atoms with Crippen molar-refractivity contribution < 1.29 is 23.5 Å². The average Bonchev–Trinajstić information content (AvgIpc) is 2.13. The van der Waals surface area contributed by atoms with E-state index in [4.69, 9.17) is 5.11 Å². The predicted octanol–water partition coefficient (Wildman–Crippen LogP) is 0.422. The number of carbonyl (C=O) groups excluding carboxylic acids is 1. The van der Waals surface area contributed by atoms with E-state index in [0.29, 0.717) is 6.29 Å². The molecule has 0 aromatic rings. The lowest BCUT2D eigenvalue weighted by molar-refractivity contribution is -0.108. The number of carbonyl (C=O) groups is 1. The summed E-state index contributed by atoms with van der Waals surface area (Å²) in [4.78, 5) is 10.1. The first-order chi connectivity index (χ1) is 5.64. The van der Waals surface area contributed by atoms with Gasteiger partial charge in [-0.2, -0.15) is 0 Å². The van der Waals surface area contributed by atoms with Gasteiger partial charge in [-0.15, -0.1) is 0 Å². The quantitative estimate of drug-likeness (QED) is 0.492. The van der Waals surface area contributed by atoms with Crippen molar-refractivity contribution in [1.82, 2.24) is 0 Å². The number of aldehydes is 1. The highest BCUT2D eigenvalue weighted by Crippen LogP contribution is 2.52. The molecule has 1 atom stereocenters. The van der Waals surface area contributed by atoms with E-state index < -0.39 is 19.9 Å². The van der Waals surface area contributed by atoms with Gasteiger partial charge in [-0.25, -0.2) is 0 Å². The molecule has 0 fully saturated rings. The SMILES string of the molecule is COP(=O)(OC)C(CO)CC=O. The lowest BCUT2D eigenvalue weighted by Crippen LogP contribution is -2.16. The molecule has 0 bridgehead atoms. The van der Waals surface area contributed by atoms with Crippen LogP contribution in [0.1, 0.15) is 6.42 Å². The Labute approximate surface area is 71.2 Å². The van der Waals surface area contributed by atoms with Crippen LogP contribution in [0.2, 0.25) is 0 Å². The highest BCUT2D eigenvalue weighted by atomic mass is 31.2. The van der Waals surface area contributed by atoms with Crippen molar-refractivity contribution in [3.05, 3.63) is 0 Å². The summed E-state index contributed by atoms with van der Waals surface area (Å²) >= 11 is 0. The standard InChI is InChI=1S/C6H13O5P/c1-10-12(9,11-2)6(5-8)3-4-7/h4,6,8H,3,5H2,1-2H3. The third-order valence-corrected chi connectivity index (χ3v) is 3.82. The zero-order valence-electron chi connectivity index (χ0n) is 7.10. The maximum Gasteiger partial charge on any atom is 0.335 e. The van der Waals surface area contributed by atoms with Crippen molar-refractivity contribution in [3.8, 4) is 0 Å². The normalized spacial score (nSPS) is 14.2. The van der Waals surface area contributed by atoms with E-state index in [1.165, 1.54) is 14.2 Å². The molecule has 0 radical (unpaired) electrons. The fourth-order valence-corrected chi connectivity index (χ4v) is 2.08. The first-order valence-electron chi connectivity index (χ1n) is 3.40. The summed E-state index contributed by atoms with van der Waals surface area (Å²) in [5.74, 6) is 0. The summed E-state index contributed by atoms with van der Waals surface area (Å²) in [6.45, 7) is -0.391. The summed E-state index contributed by atoms with van der Waals surface area (Å²) in [6.07, 6.45) is 0.543. The topological polar surface area (TPSA) is 72.8 Å². The Morgan fingerprint density at radius 1 is 1.50 bits per heavy atom. The molecule has 0 amide bonds. The van der Waals surface area contributed by atoms with Gasteiger partial charge in [0.15, 0.2) is 0 Å². The van der Waals surface area contributed by atoms with Crippen molar-refractivity contribution in [1.29, 1.82) is 0 Å². The Morgan fingerprint density at radius 3 is 2.25 bits per heavy atom. The second-order valence-electron chi connectivity index (χ2n) is 2.14. The van der Waals surface area contributed by atoms with Crippen LogP contribution in [0.3, 0.4) is 0 Å². The highest BCUT2D eigenvalue weighted by molar-refractivity contribution is 7.54. The van der Waals surface area contributed by atoms with Crippen LogP contribution in [-0.4, -0.2) is 37.9 Å². The summed E-state index contributed by atoms with van der Waals surface area (Å²) < 4.78 is 20.7. The molecule has 0 spiro atoms. The molecule has 0 saturated carbocycles. The van der Waals surface area contributed by atoms with E-state index in [9.17, 15) is 9.36 Å². The molecule has 5 nitrogen and oxygen atoms in total. The third kappa shape index (κ3) is 2.68. The van der Waals surface area contributed by atoms with Gasteiger partial charge in [0.1, 0.15) is 6.29 Å². The fourth-order valence-electron chi connectivity index (χ4n) is 0.787. The largest absolute Gasteiger partial charge is 0.395 e. The van der Waals surface area contributed by atoms with E-state index in [2.05, 4.69) is 9.05 Å². The van der Waals surface area contributed by atoms with Gasteiger partial charge in [0.25, 0.3) is 0 Å². The van der Waals surface area contributed by atoms with E-state index in [1.807, 2.05) is 0 Å². The molecule has 12 heavy (non-hydrogen) atoms. The second kappa shape index (κ2) is 5.43. The lowest BCUT2D eigenvalue weighted by atomic mass is 10.3. The minimum atomic E-state index is -3.29. The molecule has 0 aliphatic rings. The molecule has 0 aliphatic carbocycles. The van der Waals surface area contributed by atoms with Crippen LogP contribution in [0.15, 0.2) is 0 Å². The zero-order chi connectivity index (χ0) is 9.61. The van der Waals surface area contributed by atoms with Gasteiger partial charge in [0.05, 0.1) is 12.3 Å². The van der Waals surface area contributed by atoms with Crippen LogP contribution in [0.25, 0.3) is 0 Å². The van der Waals surface area contributed by atoms with Crippen LogP contribution in [-0.2, 0) is 18.4 Å². The van der Waals surface area contributed by atoms with Crippen molar-refractivity contribution in [3.63, 3.8) is 0 Å². The molecule has 6 heteroatoms. The lowest BCUT2D eigenvalue weighted by Gasteiger charge is -2.20. The van der Waals surface area contributed by atoms with Crippen molar-refractivity contribution in [2.45, 2.75) is 12.1 Å². The Morgan fingerprint density at radius 2 is 2.00 bits per heavy atom. The number of rotatable bonds is 6. The maximum absolute atomic E-state index is 11.5. The average molecular weight is 196 g/mol. The molecule has 0 heterocycles. The molecule has 0 aliphatic heterocycles. The van der Waals surface area contributed by atoms with Gasteiger partial charge in [-0.3, -0.25) is 4.57 Å². The molecular weight excluding hydrogens is 183 g/mol. The Bertz CT molecular complexity index is 173. The van der Waals surface area contributed by atoms with Crippen LogP contribution in [0.5, 0.6) is 0 Å². The fraction of sp³-hybridized carbons (Fsp3) is 0.833. The van der Waals surface area contributed by atoms with E-state index in [1.54, 1.807) is 0 Å². The minimum absolute atomic E-state index is 0.0323. The number of aliphatic hydroxyl groups excluding tert-OH is 1. The molecule has 0 saturated heterocycles. The molecule has 0 aromatic heterocycles. The maximum atomic E-state index is 11.5. The van der Waals surface area contributed by atoms with E-state index >= 15 is 0 Å². The van der Waals surface area contributed by atoms with Gasteiger partial charge in [0, 0.05) is 20.6 Å². The number of aliphatic hydroxyl groups is 1. The zero-order valence-corrected chi connectivity index (χ0v) is 7.99. The molecule has 72 valence electrons. The first kappa shape index (κ1) is 11.8. The molecular formula is C6H13O5P. The van der Waals surface area contributed by atoms with Crippen molar-refractivity contribution in [2.24, 2.45) is 0 Å².